The lowest BCUT2D eigenvalue weighted by atomic mass is 10.1. The molecular formula is C15H26N5O7+. The summed E-state index contributed by atoms with van der Waals surface area (Å²) < 4.78 is 7.38. The Balaban J connectivity index is 0.000000321. The van der Waals surface area contributed by atoms with Crippen molar-refractivity contribution in [3.05, 3.63) is 27.2 Å². The second-order valence-electron chi connectivity index (χ2n) is 7.22. The number of aliphatic hydroxyl groups excluding tert-OH is 4. The Bertz CT molecular complexity index is 868. The SMILES string of the molecule is C[N+](C)(C)CCO.O=c1[nH]c(=O)c2ncn([C@@H]3O[C@H](CO)[C@@H](O)[C@H]3O)c2[nH]1. The van der Waals surface area contributed by atoms with E-state index >= 15 is 0 Å². The Hall–Kier alpha value is -2.09. The van der Waals surface area contributed by atoms with Crippen LogP contribution in [0.5, 0.6) is 0 Å². The number of fused-ring (bicyclic) bond motifs is 1. The van der Waals surface area contributed by atoms with Gasteiger partial charge in [-0.3, -0.25) is 19.3 Å². The molecule has 0 bridgehead atoms. The highest BCUT2D eigenvalue weighted by molar-refractivity contribution is 5.68. The van der Waals surface area contributed by atoms with Gasteiger partial charge in [0.05, 0.1) is 40.7 Å². The van der Waals surface area contributed by atoms with Crippen LogP contribution in [0, 0.1) is 0 Å². The van der Waals surface area contributed by atoms with E-state index in [2.05, 4.69) is 31.1 Å². The molecule has 0 amide bonds. The molecule has 3 rings (SSSR count). The zero-order chi connectivity index (χ0) is 20.4. The molecule has 6 N–H and O–H groups in total. The number of nitrogens with one attached hydrogen (secondary N) is 2. The number of nitrogens with zero attached hydrogens (tertiary/aromatic N) is 3. The van der Waals surface area contributed by atoms with Gasteiger partial charge < -0.3 is 29.6 Å². The standard InChI is InChI=1S/C10H12N4O6.C5H14NO/c15-1-3-5(16)6(17)9(20-3)14-2-11-4-7(14)12-10(19)13-8(4)18;1-6(2,3)4-5-7/h2-3,5-6,9,15-17H,1H2,(H2,12,13,18,19);7H,4-5H2,1-3H3/q;+1/t3-,5-,6-,9-;/m1./s1. The molecule has 0 aromatic carbocycles. The van der Waals surface area contributed by atoms with E-state index in [9.17, 15) is 19.8 Å². The Morgan fingerprint density at radius 1 is 1.19 bits per heavy atom. The maximum atomic E-state index is 11.6. The topological polar surface area (TPSA) is 174 Å². The predicted molar refractivity (Wildman–Crippen MR) is 94.0 cm³/mol. The van der Waals surface area contributed by atoms with Crippen molar-refractivity contribution < 1.29 is 29.6 Å². The molecule has 0 aliphatic carbocycles. The zero-order valence-corrected chi connectivity index (χ0v) is 15.4. The summed E-state index contributed by atoms with van der Waals surface area (Å²) in [6, 6.07) is 0. The average molecular weight is 388 g/mol. The summed E-state index contributed by atoms with van der Waals surface area (Å²) in [7, 11) is 6.16. The monoisotopic (exact) mass is 388 g/mol. The van der Waals surface area contributed by atoms with Crippen LogP contribution in [-0.4, -0.2) is 104 Å². The van der Waals surface area contributed by atoms with E-state index in [1.165, 1.54) is 10.9 Å². The van der Waals surface area contributed by atoms with Gasteiger partial charge in [-0.25, -0.2) is 9.78 Å². The van der Waals surface area contributed by atoms with Crippen LogP contribution in [0.15, 0.2) is 15.9 Å². The lowest BCUT2D eigenvalue weighted by Crippen LogP contribution is -2.36. The van der Waals surface area contributed by atoms with Crippen molar-refractivity contribution in [2.45, 2.75) is 24.5 Å². The average Bonchev–Trinajstić information content (AvgIpc) is 3.09. The van der Waals surface area contributed by atoms with Crippen molar-refractivity contribution in [1.29, 1.82) is 0 Å². The lowest BCUT2D eigenvalue weighted by Gasteiger charge is -2.21. The summed E-state index contributed by atoms with van der Waals surface area (Å²) in [5, 5.41) is 37.0. The number of quaternary nitrogens is 1. The van der Waals surface area contributed by atoms with Gasteiger partial charge in [-0.15, -0.1) is 0 Å². The van der Waals surface area contributed by atoms with E-state index < -0.39 is 42.4 Å². The van der Waals surface area contributed by atoms with E-state index in [1.54, 1.807) is 0 Å². The molecule has 2 aromatic heterocycles. The first kappa shape index (κ1) is 21.2. The first-order valence-corrected chi connectivity index (χ1v) is 8.32. The molecule has 4 atom stereocenters. The smallest absolute Gasteiger partial charge is 0.327 e. The minimum Gasteiger partial charge on any atom is -0.394 e. The molecule has 3 heterocycles. The quantitative estimate of drug-likeness (QED) is 0.296. The van der Waals surface area contributed by atoms with E-state index in [0.29, 0.717) is 0 Å². The van der Waals surface area contributed by atoms with Crippen LogP contribution >= 0.6 is 0 Å². The number of hydrogen-bond acceptors (Lipinski definition) is 8. The molecule has 0 spiro atoms. The summed E-state index contributed by atoms with van der Waals surface area (Å²) in [4.78, 5) is 31.1. The highest BCUT2D eigenvalue weighted by Gasteiger charge is 2.43. The number of H-pyrrole nitrogens is 2. The van der Waals surface area contributed by atoms with Gasteiger partial charge in [0.25, 0.3) is 5.56 Å². The third-order valence-electron chi connectivity index (χ3n) is 4.03. The molecule has 1 aliphatic rings. The molecule has 1 saturated heterocycles. The van der Waals surface area contributed by atoms with E-state index in [-0.39, 0.29) is 17.8 Å². The van der Waals surface area contributed by atoms with Crippen LogP contribution in [0.2, 0.25) is 0 Å². The number of ether oxygens (including phenoxy) is 1. The van der Waals surface area contributed by atoms with Crippen LogP contribution < -0.4 is 11.2 Å². The third kappa shape index (κ3) is 4.80. The lowest BCUT2D eigenvalue weighted by molar-refractivity contribution is -0.870. The van der Waals surface area contributed by atoms with Gasteiger partial charge in [-0.2, -0.15) is 0 Å². The number of likely N-dealkylation sites (N-methyl/N-ethyl adjacent to an activating group) is 1. The molecule has 152 valence electrons. The first-order chi connectivity index (χ1) is 12.6. The molecule has 1 aliphatic heterocycles. The molecule has 0 saturated carbocycles. The first-order valence-electron chi connectivity index (χ1n) is 8.32. The number of rotatable bonds is 4. The van der Waals surface area contributed by atoms with Crippen LogP contribution in [0.1, 0.15) is 6.23 Å². The molecule has 12 heteroatoms. The Morgan fingerprint density at radius 2 is 1.85 bits per heavy atom. The Kier molecular flexibility index (Phi) is 6.51. The Labute approximate surface area is 153 Å². The van der Waals surface area contributed by atoms with Gasteiger partial charge >= 0.3 is 5.69 Å². The molecule has 12 nitrogen and oxygen atoms in total. The van der Waals surface area contributed by atoms with Crippen LogP contribution in [0.3, 0.4) is 0 Å². The van der Waals surface area contributed by atoms with Crippen molar-refractivity contribution in [3.8, 4) is 0 Å². The van der Waals surface area contributed by atoms with Gasteiger partial charge in [0.2, 0.25) is 0 Å². The summed E-state index contributed by atoms with van der Waals surface area (Å²) in [5.41, 5.74) is -1.36. The van der Waals surface area contributed by atoms with E-state index in [4.69, 9.17) is 14.9 Å². The van der Waals surface area contributed by atoms with Crippen molar-refractivity contribution in [2.24, 2.45) is 0 Å². The zero-order valence-electron chi connectivity index (χ0n) is 15.4. The molecule has 27 heavy (non-hydrogen) atoms. The van der Waals surface area contributed by atoms with Gasteiger partial charge in [0.15, 0.2) is 11.7 Å². The third-order valence-corrected chi connectivity index (χ3v) is 4.03. The Morgan fingerprint density at radius 3 is 2.33 bits per heavy atom. The molecule has 0 radical (unpaired) electrons. The van der Waals surface area contributed by atoms with Crippen LogP contribution in [-0.2, 0) is 4.74 Å². The summed E-state index contributed by atoms with van der Waals surface area (Å²) >= 11 is 0. The molecular weight excluding hydrogens is 362 g/mol. The predicted octanol–water partition coefficient (Wildman–Crippen LogP) is -3.29. The van der Waals surface area contributed by atoms with Gasteiger partial charge in [0, 0.05) is 0 Å². The van der Waals surface area contributed by atoms with Gasteiger partial charge in [-0.1, -0.05) is 0 Å². The number of aliphatic hydroxyl groups is 4. The number of hydrogen-bond donors (Lipinski definition) is 6. The highest BCUT2D eigenvalue weighted by atomic mass is 16.6. The highest BCUT2D eigenvalue weighted by Crippen LogP contribution is 2.30. The van der Waals surface area contributed by atoms with E-state index in [0.717, 1.165) is 11.0 Å². The van der Waals surface area contributed by atoms with Crippen LogP contribution in [0.4, 0.5) is 0 Å². The van der Waals surface area contributed by atoms with Gasteiger partial charge in [0.1, 0.15) is 30.5 Å². The fourth-order valence-corrected chi connectivity index (χ4v) is 2.55. The second-order valence-corrected chi connectivity index (χ2v) is 7.22. The number of aromatic nitrogens is 4. The normalized spacial score (nSPS) is 25.4. The largest absolute Gasteiger partial charge is 0.394 e. The fraction of sp³-hybridized carbons (Fsp3) is 0.667. The maximum absolute atomic E-state index is 11.6. The number of aromatic amines is 2. The van der Waals surface area contributed by atoms with Crippen molar-refractivity contribution in [3.63, 3.8) is 0 Å². The molecule has 1 fully saturated rings. The number of imidazole rings is 1. The van der Waals surface area contributed by atoms with Crippen molar-refractivity contribution in [1.82, 2.24) is 19.5 Å². The second kappa shape index (κ2) is 8.29. The van der Waals surface area contributed by atoms with Gasteiger partial charge in [-0.05, 0) is 0 Å². The molecule has 0 unspecified atom stereocenters. The van der Waals surface area contributed by atoms with Crippen molar-refractivity contribution >= 4 is 11.2 Å². The minimum atomic E-state index is -1.33. The van der Waals surface area contributed by atoms with Crippen LogP contribution in [0.25, 0.3) is 11.2 Å². The minimum absolute atomic E-state index is 0.0256. The summed E-state index contributed by atoms with van der Waals surface area (Å²) in [5.74, 6) is 0. The van der Waals surface area contributed by atoms with E-state index in [1.807, 2.05) is 4.98 Å². The fourth-order valence-electron chi connectivity index (χ4n) is 2.55. The maximum Gasteiger partial charge on any atom is 0.327 e. The summed E-state index contributed by atoms with van der Waals surface area (Å²) in [6.07, 6.45) is -3.43. The van der Waals surface area contributed by atoms with Crippen molar-refractivity contribution in [2.75, 3.05) is 40.9 Å². The summed E-state index contributed by atoms with van der Waals surface area (Å²) in [6.45, 7) is 0.641. The molecule has 2 aromatic rings.